The molecule has 0 aliphatic carbocycles. The Morgan fingerprint density at radius 2 is 1.92 bits per heavy atom. The SMILES string of the molecule is O=C(c1cccs1)N1CCN(Cn2nc(-c3cccs3)oc2=S)CC1. The molecule has 1 amide bonds. The third-order valence-electron chi connectivity index (χ3n) is 4.06. The number of nitrogens with zero attached hydrogens (tertiary/aromatic N) is 4. The van der Waals surface area contributed by atoms with Crippen molar-refractivity contribution in [3.63, 3.8) is 0 Å². The number of hydrogen-bond donors (Lipinski definition) is 0. The summed E-state index contributed by atoms with van der Waals surface area (Å²) in [6, 6.07) is 7.71. The lowest BCUT2D eigenvalue weighted by atomic mass is 10.3. The first-order chi connectivity index (χ1) is 12.2. The van der Waals surface area contributed by atoms with Gasteiger partial charge in [-0.15, -0.1) is 27.8 Å². The van der Waals surface area contributed by atoms with Crippen LogP contribution in [0.25, 0.3) is 10.8 Å². The minimum Gasteiger partial charge on any atom is -0.408 e. The molecule has 0 saturated carbocycles. The molecule has 0 aromatic carbocycles. The normalized spacial score (nSPS) is 15.6. The van der Waals surface area contributed by atoms with E-state index in [0.717, 1.165) is 22.8 Å². The standard InChI is InChI=1S/C16H16N4O2S3/c21-15(13-4-2-10-25-13)19-7-5-18(6-8-19)11-20-16(23)22-14(17-20)12-3-1-9-24-12/h1-4,9-10H,5-8,11H2. The highest BCUT2D eigenvalue weighted by Gasteiger charge is 2.23. The molecule has 130 valence electrons. The van der Waals surface area contributed by atoms with E-state index in [4.69, 9.17) is 16.6 Å². The topological polar surface area (TPSA) is 54.5 Å². The predicted molar refractivity (Wildman–Crippen MR) is 100 cm³/mol. The molecular formula is C16H16N4O2S3. The van der Waals surface area contributed by atoms with Gasteiger partial charge in [0.1, 0.15) is 0 Å². The molecule has 0 N–H and O–H groups in total. The van der Waals surface area contributed by atoms with Crippen LogP contribution in [0.3, 0.4) is 0 Å². The van der Waals surface area contributed by atoms with Crippen LogP contribution in [0, 0.1) is 4.84 Å². The average Bonchev–Trinajstić information content (AvgIpc) is 3.38. The summed E-state index contributed by atoms with van der Waals surface area (Å²) in [6.07, 6.45) is 0. The fourth-order valence-electron chi connectivity index (χ4n) is 2.73. The molecule has 4 heterocycles. The average molecular weight is 393 g/mol. The summed E-state index contributed by atoms with van der Waals surface area (Å²) < 4.78 is 7.31. The molecule has 0 atom stereocenters. The number of aromatic nitrogens is 2. The molecule has 4 rings (SSSR count). The second kappa shape index (κ2) is 7.20. The van der Waals surface area contributed by atoms with Crippen molar-refractivity contribution >= 4 is 40.8 Å². The lowest BCUT2D eigenvalue weighted by Gasteiger charge is -2.34. The molecule has 3 aromatic rings. The fourth-order valence-corrected chi connectivity index (χ4v) is 4.25. The first-order valence-electron chi connectivity index (χ1n) is 7.88. The Kier molecular flexibility index (Phi) is 4.80. The van der Waals surface area contributed by atoms with E-state index in [2.05, 4.69) is 10.00 Å². The summed E-state index contributed by atoms with van der Waals surface area (Å²) in [4.78, 5) is 18.7. The van der Waals surface area contributed by atoms with Crippen molar-refractivity contribution < 1.29 is 9.21 Å². The molecular weight excluding hydrogens is 376 g/mol. The van der Waals surface area contributed by atoms with Crippen LogP contribution in [0.2, 0.25) is 0 Å². The van der Waals surface area contributed by atoms with Crippen molar-refractivity contribution in [2.45, 2.75) is 6.67 Å². The maximum Gasteiger partial charge on any atom is 0.288 e. The van der Waals surface area contributed by atoms with Gasteiger partial charge in [0, 0.05) is 26.2 Å². The Labute approximate surface area is 157 Å². The van der Waals surface area contributed by atoms with Gasteiger partial charge >= 0.3 is 0 Å². The van der Waals surface area contributed by atoms with Gasteiger partial charge in [0.05, 0.1) is 16.4 Å². The van der Waals surface area contributed by atoms with Gasteiger partial charge in [0.2, 0.25) is 0 Å². The van der Waals surface area contributed by atoms with E-state index in [1.54, 1.807) is 16.0 Å². The van der Waals surface area contributed by atoms with Gasteiger partial charge in [-0.25, -0.2) is 4.68 Å². The van der Waals surface area contributed by atoms with Crippen LogP contribution in [0.1, 0.15) is 9.67 Å². The number of hydrogen-bond acceptors (Lipinski definition) is 7. The molecule has 6 nitrogen and oxygen atoms in total. The van der Waals surface area contributed by atoms with Gasteiger partial charge < -0.3 is 9.32 Å². The summed E-state index contributed by atoms with van der Waals surface area (Å²) >= 11 is 8.34. The highest BCUT2D eigenvalue weighted by atomic mass is 32.1. The van der Waals surface area contributed by atoms with E-state index in [-0.39, 0.29) is 5.91 Å². The molecule has 1 saturated heterocycles. The first-order valence-corrected chi connectivity index (χ1v) is 10.0. The second-order valence-electron chi connectivity index (χ2n) is 5.68. The molecule has 0 bridgehead atoms. The maximum absolute atomic E-state index is 12.4. The van der Waals surface area contributed by atoms with Crippen LogP contribution in [0.4, 0.5) is 0 Å². The minimum absolute atomic E-state index is 0.118. The summed E-state index contributed by atoms with van der Waals surface area (Å²) in [5.74, 6) is 0.680. The third-order valence-corrected chi connectivity index (χ3v) is 6.07. The minimum atomic E-state index is 0.118. The zero-order valence-corrected chi connectivity index (χ0v) is 15.8. The largest absolute Gasteiger partial charge is 0.408 e. The number of amides is 1. The lowest BCUT2D eigenvalue weighted by Crippen LogP contribution is -2.48. The van der Waals surface area contributed by atoms with Crippen LogP contribution in [-0.4, -0.2) is 51.7 Å². The lowest BCUT2D eigenvalue weighted by molar-refractivity contribution is 0.0588. The smallest absolute Gasteiger partial charge is 0.288 e. The van der Waals surface area contributed by atoms with Gasteiger partial charge in [0.25, 0.3) is 16.6 Å². The highest BCUT2D eigenvalue weighted by molar-refractivity contribution is 7.71. The third kappa shape index (κ3) is 3.59. The van der Waals surface area contributed by atoms with E-state index in [9.17, 15) is 4.79 Å². The van der Waals surface area contributed by atoms with Gasteiger partial charge in [-0.05, 0) is 35.1 Å². The van der Waals surface area contributed by atoms with E-state index >= 15 is 0 Å². The second-order valence-corrected chi connectivity index (χ2v) is 7.92. The predicted octanol–water partition coefficient (Wildman–Crippen LogP) is 3.41. The fraction of sp³-hybridized carbons (Fsp3) is 0.312. The summed E-state index contributed by atoms with van der Waals surface area (Å²) in [5.41, 5.74) is 0. The van der Waals surface area contributed by atoms with E-state index in [1.807, 2.05) is 39.9 Å². The van der Waals surface area contributed by atoms with Crippen molar-refractivity contribution in [2.24, 2.45) is 0 Å². The Hall–Kier alpha value is -1.81. The Bertz CT molecular complexity index is 890. The Morgan fingerprint density at radius 3 is 2.60 bits per heavy atom. The van der Waals surface area contributed by atoms with Gasteiger partial charge in [-0.1, -0.05) is 12.1 Å². The van der Waals surface area contributed by atoms with Crippen molar-refractivity contribution in [1.29, 1.82) is 0 Å². The van der Waals surface area contributed by atoms with E-state index in [1.165, 1.54) is 11.3 Å². The molecule has 1 fully saturated rings. The Morgan fingerprint density at radius 1 is 1.16 bits per heavy atom. The van der Waals surface area contributed by atoms with Crippen LogP contribution in [0.5, 0.6) is 0 Å². The molecule has 25 heavy (non-hydrogen) atoms. The van der Waals surface area contributed by atoms with E-state index in [0.29, 0.717) is 30.5 Å². The van der Waals surface area contributed by atoms with Crippen LogP contribution >= 0.6 is 34.9 Å². The number of piperazine rings is 1. The number of thiophene rings is 2. The van der Waals surface area contributed by atoms with Gasteiger partial charge in [-0.3, -0.25) is 9.69 Å². The molecule has 9 heteroatoms. The van der Waals surface area contributed by atoms with E-state index < -0.39 is 0 Å². The number of carbonyl (C=O) groups excluding carboxylic acids is 1. The quantitative estimate of drug-likeness (QED) is 0.637. The summed E-state index contributed by atoms with van der Waals surface area (Å²) in [7, 11) is 0. The van der Waals surface area contributed by atoms with Crippen molar-refractivity contribution in [3.8, 4) is 10.8 Å². The van der Waals surface area contributed by atoms with Gasteiger partial charge in [-0.2, -0.15) is 0 Å². The highest BCUT2D eigenvalue weighted by Crippen LogP contribution is 2.23. The van der Waals surface area contributed by atoms with Crippen molar-refractivity contribution in [3.05, 3.63) is 44.7 Å². The first kappa shape index (κ1) is 16.6. The molecule has 1 aliphatic rings. The van der Waals surface area contributed by atoms with Crippen LogP contribution in [-0.2, 0) is 6.67 Å². The number of rotatable bonds is 4. The number of carbonyl (C=O) groups is 1. The summed E-state index contributed by atoms with van der Waals surface area (Å²) in [5, 5.41) is 8.39. The van der Waals surface area contributed by atoms with Crippen molar-refractivity contribution in [1.82, 2.24) is 19.6 Å². The Balaban J connectivity index is 1.38. The summed E-state index contributed by atoms with van der Waals surface area (Å²) in [6.45, 7) is 3.58. The molecule has 1 aliphatic heterocycles. The van der Waals surface area contributed by atoms with Crippen LogP contribution < -0.4 is 0 Å². The molecule has 0 spiro atoms. The monoisotopic (exact) mass is 392 g/mol. The molecule has 0 unspecified atom stereocenters. The van der Waals surface area contributed by atoms with Crippen molar-refractivity contribution in [2.75, 3.05) is 26.2 Å². The van der Waals surface area contributed by atoms with Gasteiger partial charge in [0.15, 0.2) is 0 Å². The zero-order valence-electron chi connectivity index (χ0n) is 13.3. The molecule has 3 aromatic heterocycles. The van der Waals surface area contributed by atoms with Crippen LogP contribution in [0.15, 0.2) is 39.4 Å². The maximum atomic E-state index is 12.4. The zero-order chi connectivity index (χ0) is 17.2. The molecule has 0 radical (unpaired) electrons.